The number of rotatable bonds is 7. The van der Waals surface area contributed by atoms with E-state index in [9.17, 15) is 4.79 Å². The molecule has 1 aromatic rings. The van der Waals surface area contributed by atoms with Crippen molar-refractivity contribution in [1.29, 1.82) is 0 Å². The Morgan fingerprint density at radius 3 is 2.64 bits per heavy atom. The van der Waals surface area contributed by atoms with Gasteiger partial charge in [-0.2, -0.15) is 0 Å². The molecule has 25 heavy (non-hydrogen) atoms. The van der Waals surface area contributed by atoms with Crippen molar-refractivity contribution in [3.8, 4) is 0 Å². The zero-order valence-electron chi connectivity index (χ0n) is 15.5. The van der Waals surface area contributed by atoms with Gasteiger partial charge in [-0.1, -0.05) is 6.92 Å². The first-order valence-corrected chi connectivity index (χ1v) is 8.95. The summed E-state index contributed by atoms with van der Waals surface area (Å²) in [5.41, 5.74) is 8.03. The summed E-state index contributed by atoms with van der Waals surface area (Å²) in [4.78, 5) is 21.2. The Bertz CT molecular complexity index is 536. The lowest BCUT2D eigenvalue weighted by Gasteiger charge is -2.33. The molecule has 1 aliphatic rings. The van der Waals surface area contributed by atoms with Gasteiger partial charge in [-0.25, -0.2) is 9.97 Å². The molecule has 142 valence electrons. The molecular formula is C18H31ClN4O2. The number of hydrogen-bond acceptors (Lipinski definition) is 5. The third-order valence-electron chi connectivity index (χ3n) is 4.43. The van der Waals surface area contributed by atoms with Gasteiger partial charge in [0.15, 0.2) is 0 Å². The van der Waals surface area contributed by atoms with Crippen LogP contribution < -0.4 is 11.1 Å². The maximum Gasteiger partial charge on any atom is 0.223 e. The standard InChI is InChI=1S/C18H30N4O2.ClH/c1-4-9-24-16-11-14(5-6-15(16)19)18(23)20-8-7-17-21-12(2)10-13(3)22-17;/h10,14-16H,4-9,11,19H2,1-3H3,(H,20,23);1H/t14-,15+,16+;/m0./s1. The second-order valence-electron chi connectivity index (χ2n) is 6.69. The number of nitrogens with two attached hydrogens (primary N) is 1. The van der Waals surface area contributed by atoms with E-state index in [1.165, 1.54) is 0 Å². The van der Waals surface area contributed by atoms with Gasteiger partial charge < -0.3 is 15.8 Å². The summed E-state index contributed by atoms with van der Waals surface area (Å²) in [5, 5.41) is 3.02. The second-order valence-corrected chi connectivity index (χ2v) is 6.69. The first-order valence-electron chi connectivity index (χ1n) is 8.95. The van der Waals surface area contributed by atoms with Gasteiger partial charge in [0.25, 0.3) is 0 Å². The minimum Gasteiger partial charge on any atom is -0.377 e. The summed E-state index contributed by atoms with van der Waals surface area (Å²) >= 11 is 0. The fourth-order valence-corrected chi connectivity index (χ4v) is 3.20. The summed E-state index contributed by atoms with van der Waals surface area (Å²) in [6.07, 6.45) is 4.00. The van der Waals surface area contributed by atoms with Crippen LogP contribution in [0, 0.1) is 19.8 Å². The Hall–Kier alpha value is -1.24. The van der Waals surface area contributed by atoms with Gasteiger partial charge in [0.05, 0.1) is 6.10 Å². The van der Waals surface area contributed by atoms with Crippen LogP contribution >= 0.6 is 12.4 Å². The first-order chi connectivity index (χ1) is 11.5. The Morgan fingerprint density at radius 1 is 1.32 bits per heavy atom. The molecule has 0 spiro atoms. The maximum atomic E-state index is 12.4. The van der Waals surface area contributed by atoms with Crippen molar-refractivity contribution in [2.45, 2.75) is 65.0 Å². The van der Waals surface area contributed by atoms with E-state index in [1.807, 2.05) is 19.9 Å². The van der Waals surface area contributed by atoms with Gasteiger partial charge >= 0.3 is 0 Å². The quantitative estimate of drug-likeness (QED) is 0.767. The highest BCUT2D eigenvalue weighted by molar-refractivity contribution is 5.85. The highest BCUT2D eigenvalue weighted by atomic mass is 35.5. The van der Waals surface area contributed by atoms with Gasteiger partial charge in [-0.05, 0) is 45.6 Å². The average Bonchev–Trinajstić information content (AvgIpc) is 2.53. The number of carbonyl (C=O) groups is 1. The van der Waals surface area contributed by atoms with Crippen LogP contribution in [-0.4, -0.2) is 41.2 Å². The average molecular weight is 371 g/mol. The van der Waals surface area contributed by atoms with Crippen LogP contribution in [0.3, 0.4) is 0 Å². The smallest absolute Gasteiger partial charge is 0.223 e. The summed E-state index contributed by atoms with van der Waals surface area (Å²) in [6.45, 7) is 7.26. The van der Waals surface area contributed by atoms with Crippen molar-refractivity contribution in [2.24, 2.45) is 11.7 Å². The molecule has 0 unspecified atom stereocenters. The molecule has 1 aromatic heterocycles. The van der Waals surface area contributed by atoms with Crippen molar-refractivity contribution in [1.82, 2.24) is 15.3 Å². The van der Waals surface area contributed by atoms with Crippen molar-refractivity contribution >= 4 is 18.3 Å². The lowest BCUT2D eigenvalue weighted by atomic mass is 9.83. The van der Waals surface area contributed by atoms with Crippen LogP contribution in [0.4, 0.5) is 0 Å². The van der Waals surface area contributed by atoms with E-state index in [0.29, 0.717) is 26.0 Å². The van der Waals surface area contributed by atoms with Crippen molar-refractivity contribution in [3.63, 3.8) is 0 Å². The maximum absolute atomic E-state index is 12.4. The van der Waals surface area contributed by atoms with Gasteiger partial charge in [-0.15, -0.1) is 12.4 Å². The van der Waals surface area contributed by atoms with E-state index in [-0.39, 0.29) is 36.4 Å². The molecule has 6 nitrogen and oxygen atoms in total. The third-order valence-corrected chi connectivity index (χ3v) is 4.43. The molecule has 3 N–H and O–H groups in total. The number of amides is 1. The molecular weight excluding hydrogens is 340 g/mol. The summed E-state index contributed by atoms with van der Waals surface area (Å²) < 4.78 is 5.80. The largest absolute Gasteiger partial charge is 0.377 e. The van der Waals surface area contributed by atoms with Gasteiger partial charge in [0, 0.05) is 42.9 Å². The number of ether oxygens (including phenoxy) is 1. The lowest BCUT2D eigenvalue weighted by Crippen LogP contribution is -2.46. The van der Waals surface area contributed by atoms with Gasteiger partial charge in [0.2, 0.25) is 5.91 Å². The minimum absolute atomic E-state index is 0. The van der Waals surface area contributed by atoms with Crippen LogP contribution in [-0.2, 0) is 16.0 Å². The SMILES string of the molecule is CCCO[C@@H]1C[C@@H](C(=O)NCCc2nc(C)cc(C)n2)CC[C@H]1N.Cl. The first kappa shape index (κ1) is 21.8. The monoisotopic (exact) mass is 370 g/mol. The zero-order chi connectivity index (χ0) is 17.5. The summed E-state index contributed by atoms with van der Waals surface area (Å²) in [6, 6.07) is 1.99. The van der Waals surface area contributed by atoms with Gasteiger partial charge in [-0.3, -0.25) is 4.79 Å². The normalized spacial score (nSPS) is 23.0. The molecule has 3 atom stereocenters. The number of aromatic nitrogens is 2. The van der Waals surface area contributed by atoms with E-state index in [1.54, 1.807) is 0 Å². The van der Waals surface area contributed by atoms with Crippen LogP contribution in [0.15, 0.2) is 6.07 Å². The summed E-state index contributed by atoms with van der Waals surface area (Å²) in [5.74, 6) is 0.866. The van der Waals surface area contributed by atoms with Crippen molar-refractivity contribution < 1.29 is 9.53 Å². The molecule has 0 aromatic carbocycles. The molecule has 0 bridgehead atoms. The fourth-order valence-electron chi connectivity index (χ4n) is 3.20. The second kappa shape index (κ2) is 10.7. The third kappa shape index (κ3) is 6.88. The highest BCUT2D eigenvalue weighted by Gasteiger charge is 2.32. The predicted octanol–water partition coefficient (Wildman–Crippen LogP) is 2.10. The van der Waals surface area contributed by atoms with Crippen molar-refractivity contribution in [2.75, 3.05) is 13.2 Å². The molecule has 0 saturated heterocycles. The molecule has 1 heterocycles. The Labute approximate surface area is 156 Å². The molecule has 1 saturated carbocycles. The van der Waals surface area contributed by atoms with Gasteiger partial charge in [0.1, 0.15) is 5.82 Å². The van der Waals surface area contributed by atoms with Crippen LogP contribution in [0.5, 0.6) is 0 Å². The number of halogens is 1. The lowest BCUT2D eigenvalue weighted by molar-refractivity contribution is -0.128. The van der Waals surface area contributed by atoms with Crippen molar-refractivity contribution in [3.05, 3.63) is 23.3 Å². The van der Waals surface area contributed by atoms with E-state index in [2.05, 4.69) is 22.2 Å². The van der Waals surface area contributed by atoms with E-state index in [4.69, 9.17) is 10.5 Å². The predicted molar refractivity (Wildman–Crippen MR) is 101 cm³/mol. The minimum atomic E-state index is -0.00757. The molecule has 1 aliphatic carbocycles. The van der Waals surface area contributed by atoms with Crippen LogP contribution in [0.25, 0.3) is 0 Å². The molecule has 2 rings (SSSR count). The van der Waals surface area contributed by atoms with Crippen LogP contribution in [0.2, 0.25) is 0 Å². The zero-order valence-corrected chi connectivity index (χ0v) is 16.3. The Kier molecular flexibility index (Phi) is 9.32. The van der Waals surface area contributed by atoms with E-state index < -0.39 is 0 Å². The number of nitrogens with one attached hydrogen (secondary N) is 1. The number of nitrogens with zero attached hydrogens (tertiary/aromatic N) is 2. The van der Waals surface area contributed by atoms with E-state index in [0.717, 1.165) is 36.5 Å². The molecule has 0 aliphatic heterocycles. The topological polar surface area (TPSA) is 90.1 Å². The molecule has 1 fully saturated rings. The Morgan fingerprint density at radius 2 is 2.00 bits per heavy atom. The molecule has 1 amide bonds. The Balaban J connectivity index is 0.00000312. The van der Waals surface area contributed by atoms with E-state index >= 15 is 0 Å². The molecule has 7 heteroatoms. The summed E-state index contributed by atoms with van der Waals surface area (Å²) in [7, 11) is 0. The number of carbonyl (C=O) groups excluding carboxylic acids is 1. The van der Waals surface area contributed by atoms with Crippen LogP contribution in [0.1, 0.15) is 49.8 Å². The fraction of sp³-hybridized carbons (Fsp3) is 0.722. The molecule has 0 radical (unpaired) electrons. The number of aryl methyl sites for hydroxylation is 2. The number of hydrogen-bond donors (Lipinski definition) is 2. The highest BCUT2D eigenvalue weighted by Crippen LogP contribution is 2.26.